The van der Waals surface area contributed by atoms with E-state index in [1.807, 2.05) is 12.1 Å². The zero-order valence-corrected chi connectivity index (χ0v) is 13.6. The van der Waals surface area contributed by atoms with Gasteiger partial charge in [0.25, 0.3) is 0 Å². The summed E-state index contributed by atoms with van der Waals surface area (Å²) in [4.78, 5) is 0. The van der Waals surface area contributed by atoms with Gasteiger partial charge in [0.1, 0.15) is 5.75 Å². The van der Waals surface area contributed by atoms with E-state index in [-0.39, 0.29) is 0 Å². The van der Waals surface area contributed by atoms with Crippen LogP contribution in [-0.4, -0.2) is 12.3 Å². The fourth-order valence-electron chi connectivity index (χ4n) is 1.90. The zero-order valence-electron chi connectivity index (χ0n) is 11.9. The average Bonchev–Trinajstić information content (AvgIpc) is 2.40. The second-order valence-corrected chi connectivity index (χ2v) is 7.96. The van der Waals surface area contributed by atoms with Crippen molar-refractivity contribution >= 4 is 19.0 Å². The summed E-state index contributed by atoms with van der Waals surface area (Å²) in [6.45, 7) is 4.25. The molecular weight excluding hydrogens is 279 g/mol. The molecule has 0 aliphatic heterocycles. The maximum Gasteiger partial charge on any atom is 0.248 e. The molecule has 0 amide bonds. The molecule has 0 aliphatic rings. The minimum Gasteiger partial charge on any atom is -0.441 e. The Kier molecular flexibility index (Phi) is 7.56. The summed E-state index contributed by atoms with van der Waals surface area (Å²) >= 11 is 6.08. The van der Waals surface area contributed by atoms with E-state index in [1.54, 1.807) is 12.1 Å². The first-order valence-electron chi connectivity index (χ1n) is 7.13. The van der Waals surface area contributed by atoms with Gasteiger partial charge in [-0.3, -0.25) is 4.57 Å². The molecule has 0 heterocycles. The summed E-state index contributed by atoms with van der Waals surface area (Å²) < 4.78 is 18.7. The highest BCUT2D eigenvalue weighted by Crippen LogP contribution is 2.50. The van der Waals surface area contributed by atoms with Gasteiger partial charge in [-0.2, -0.15) is 0 Å². The fraction of sp³-hybridized carbons (Fsp3) is 0.600. The summed E-state index contributed by atoms with van der Waals surface area (Å²) in [6.07, 6.45) is 6.46. The standard InChI is InChI=1S/C15H24ClO2P/c1-3-5-9-13-19(17,12-6-4-2)18-15-11-8-7-10-14(15)16/h7-8,10-11H,3-6,9,12-13H2,1-2H3. The first kappa shape index (κ1) is 16.6. The molecule has 19 heavy (non-hydrogen) atoms. The van der Waals surface area contributed by atoms with Crippen LogP contribution in [0.5, 0.6) is 5.75 Å². The van der Waals surface area contributed by atoms with Gasteiger partial charge in [0.2, 0.25) is 7.37 Å². The third-order valence-electron chi connectivity index (χ3n) is 3.06. The Morgan fingerprint density at radius 2 is 1.68 bits per heavy atom. The molecule has 1 aromatic rings. The molecular formula is C15H24ClO2P. The number of rotatable bonds is 9. The largest absolute Gasteiger partial charge is 0.441 e. The Morgan fingerprint density at radius 3 is 2.32 bits per heavy atom. The number of hydrogen-bond donors (Lipinski definition) is 0. The normalized spacial score (nSPS) is 14.1. The van der Waals surface area contributed by atoms with Crippen LogP contribution in [0, 0.1) is 0 Å². The highest BCUT2D eigenvalue weighted by Gasteiger charge is 2.24. The molecule has 0 saturated carbocycles. The highest BCUT2D eigenvalue weighted by molar-refractivity contribution is 7.59. The molecule has 0 fully saturated rings. The number of benzene rings is 1. The van der Waals surface area contributed by atoms with E-state index in [9.17, 15) is 4.57 Å². The van der Waals surface area contributed by atoms with Crippen molar-refractivity contribution in [3.05, 3.63) is 29.3 Å². The van der Waals surface area contributed by atoms with Gasteiger partial charge in [-0.1, -0.05) is 56.8 Å². The van der Waals surface area contributed by atoms with Gasteiger partial charge in [-0.25, -0.2) is 0 Å². The lowest BCUT2D eigenvalue weighted by atomic mass is 10.3. The second-order valence-electron chi connectivity index (χ2n) is 4.84. The molecule has 1 atom stereocenters. The molecule has 0 spiro atoms. The van der Waals surface area contributed by atoms with Crippen LogP contribution in [0.2, 0.25) is 5.02 Å². The summed E-state index contributed by atoms with van der Waals surface area (Å²) in [5.74, 6) is 0.556. The first-order chi connectivity index (χ1) is 9.11. The predicted molar refractivity (Wildman–Crippen MR) is 83.9 cm³/mol. The quantitative estimate of drug-likeness (QED) is 0.414. The molecule has 0 aromatic heterocycles. The van der Waals surface area contributed by atoms with Crippen LogP contribution < -0.4 is 4.52 Å². The Morgan fingerprint density at radius 1 is 1.05 bits per heavy atom. The molecule has 1 unspecified atom stereocenters. The van der Waals surface area contributed by atoms with E-state index < -0.39 is 7.37 Å². The predicted octanol–water partition coefficient (Wildman–Crippen LogP) is 5.99. The molecule has 2 nitrogen and oxygen atoms in total. The van der Waals surface area contributed by atoms with Crippen LogP contribution in [0.4, 0.5) is 0 Å². The van der Waals surface area contributed by atoms with E-state index >= 15 is 0 Å². The lowest BCUT2D eigenvalue weighted by molar-refractivity contribution is 0.476. The minimum atomic E-state index is -2.60. The van der Waals surface area contributed by atoms with Crippen LogP contribution in [0.3, 0.4) is 0 Å². The summed E-state index contributed by atoms with van der Waals surface area (Å²) in [5.41, 5.74) is 0. The Labute approximate surface area is 122 Å². The number of halogens is 1. The van der Waals surface area contributed by atoms with Gasteiger partial charge < -0.3 is 4.52 Å². The van der Waals surface area contributed by atoms with Crippen molar-refractivity contribution in [2.45, 2.75) is 46.0 Å². The van der Waals surface area contributed by atoms with Crippen LogP contribution in [0.25, 0.3) is 0 Å². The van der Waals surface area contributed by atoms with Crippen LogP contribution in [-0.2, 0) is 4.57 Å². The molecule has 0 bridgehead atoms. The van der Waals surface area contributed by atoms with Crippen molar-refractivity contribution in [2.24, 2.45) is 0 Å². The van der Waals surface area contributed by atoms with E-state index in [0.29, 0.717) is 23.1 Å². The fourth-order valence-corrected chi connectivity index (χ4v) is 4.56. The van der Waals surface area contributed by atoms with E-state index in [4.69, 9.17) is 16.1 Å². The van der Waals surface area contributed by atoms with Crippen LogP contribution in [0.1, 0.15) is 46.0 Å². The van der Waals surface area contributed by atoms with Crippen molar-refractivity contribution in [1.29, 1.82) is 0 Å². The number of unbranched alkanes of at least 4 members (excludes halogenated alkanes) is 3. The lowest BCUT2D eigenvalue weighted by Crippen LogP contribution is -2.03. The van der Waals surface area contributed by atoms with Crippen molar-refractivity contribution < 1.29 is 9.09 Å². The Bertz CT molecular complexity index is 420. The van der Waals surface area contributed by atoms with Crippen molar-refractivity contribution in [2.75, 3.05) is 12.3 Å². The Hall–Kier alpha value is -0.460. The summed E-state index contributed by atoms with van der Waals surface area (Å²) in [5, 5.41) is 0.537. The summed E-state index contributed by atoms with van der Waals surface area (Å²) in [7, 11) is -2.60. The molecule has 108 valence electrons. The monoisotopic (exact) mass is 302 g/mol. The van der Waals surface area contributed by atoms with Gasteiger partial charge in [-0.05, 0) is 25.0 Å². The van der Waals surface area contributed by atoms with E-state index in [1.165, 1.54) is 0 Å². The average molecular weight is 303 g/mol. The topological polar surface area (TPSA) is 26.3 Å². The molecule has 0 N–H and O–H groups in total. The highest BCUT2D eigenvalue weighted by atomic mass is 35.5. The van der Waals surface area contributed by atoms with Gasteiger partial charge in [0.15, 0.2) is 0 Å². The second kappa shape index (κ2) is 8.66. The molecule has 4 heteroatoms. The number of hydrogen-bond acceptors (Lipinski definition) is 2. The lowest BCUT2D eigenvalue weighted by Gasteiger charge is -2.20. The molecule has 0 radical (unpaired) electrons. The smallest absolute Gasteiger partial charge is 0.248 e. The summed E-state index contributed by atoms with van der Waals surface area (Å²) in [6, 6.07) is 7.27. The maximum atomic E-state index is 12.9. The van der Waals surface area contributed by atoms with Crippen molar-refractivity contribution in [1.82, 2.24) is 0 Å². The van der Waals surface area contributed by atoms with Crippen molar-refractivity contribution in [3.63, 3.8) is 0 Å². The molecule has 1 rings (SSSR count). The Balaban J connectivity index is 2.73. The van der Waals surface area contributed by atoms with Gasteiger partial charge in [-0.15, -0.1) is 0 Å². The van der Waals surface area contributed by atoms with Crippen LogP contribution >= 0.6 is 19.0 Å². The van der Waals surface area contributed by atoms with Crippen LogP contribution in [0.15, 0.2) is 24.3 Å². The molecule has 1 aromatic carbocycles. The third-order valence-corrected chi connectivity index (χ3v) is 5.89. The first-order valence-corrected chi connectivity index (χ1v) is 9.51. The van der Waals surface area contributed by atoms with Gasteiger partial charge in [0.05, 0.1) is 5.02 Å². The molecule has 0 saturated heterocycles. The third kappa shape index (κ3) is 6.01. The van der Waals surface area contributed by atoms with E-state index in [2.05, 4.69) is 13.8 Å². The minimum absolute atomic E-state index is 0.537. The maximum absolute atomic E-state index is 12.9. The molecule has 0 aliphatic carbocycles. The van der Waals surface area contributed by atoms with E-state index in [0.717, 1.165) is 32.1 Å². The number of para-hydroxylation sites is 1. The SMILES string of the molecule is CCCCCP(=O)(CCCC)Oc1ccccc1Cl. The van der Waals surface area contributed by atoms with Gasteiger partial charge in [0, 0.05) is 12.3 Å². The zero-order chi connectivity index (χ0) is 14.1. The van der Waals surface area contributed by atoms with Crippen molar-refractivity contribution in [3.8, 4) is 5.75 Å². The van der Waals surface area contributed by atoms with Gasteiger partial charge >= 0.3 is 0 Å².